The molecule has 7 nitrogen and oxygen atoms in total. The van der Waals surface area contributed by atoms with Crippen molar-refractivity contribution in [1.29, 1.82) is 0 Å². The quantitative estimate of drug-likeness (QED) is 0.512. The van der Waals surface area contributed by atoms with Gasteiger partial charge in [0.25, 0.3) is 5.91 Å². The van der Waals surface area contributed by atoms with Crippen molar-refractivity contribution in [3.63, 3.8) is 0 Å². The molecule has 150 valence electrons. The topological polar surface area (TPSA) is 82.6 Å². The van der Waals surface area contributed by atoms with Gasteiger partial charge in [0, 0.05) is 17.5 Å². The Bertz CT molecular complexity index is 1210. The Morgan fingerprint density at radius 1 is 1.10 bits per heavy atom. The Morgan fingerprint density at radius 3 is 2.87 bits per heavy atom. The van der Waals surface area contributed by atoms with Gasteiger partial charge in [0.15, 0.2) is 18.1 Å². The third kappa shape index (κ3) is 3.65. The number of carbonyl (C=O) groups excluding carboxylic acids is 1. The minimum absolute atomic E-state index is 0.138. The van der Waals surface area contributed by atoms with Gasteiger partial charge in [-0.25, -0.2) is 9.97 Å². The fourth-order valence-electron chi connectivity index (χ4n) is 3.22. The summed E-state index contributed by atoms with van der Waals surface area (Å²) in [6.07, 6.45) is 1.45. The third-order valence-electron chi connectivity index (χ3n) is 4.69. The molecule has 30 heavy (non-hydrogen) atoms. The number of carbonyl (C=O) groups is 1. The molecule has 2 aromatic heterocycles. The van der Waals surface area contributed by atoms with Gasteiger partial charge < -0.3 is 19.5 Å². The minimum Gasteiger partial charge on any atom is -0.467 e. The second-order valence-electron chi connectivity index (χ2n) is 6.63. The van der Waals surface area contributed by atoms with Gasteiger partial charge in [-0.05, 0) is 23.3 Å². The first-order chi connectivity index (χ1) is 14.8. The molecule has 0 saturated heterocycles. The van der Waals surface area contributed by atoms with E-state index in [2.05, 4.69) is 15.3 Å². The molecule has 1 amide bonds. The highest BCUT2D eigenvalue weighted by Gasteiger charge is 2.16. The fraction of sp³-hybridized carbons (Fsp3) is 0.136. The molecule has 5 rings (SSSR count). The van der Waals surface area contributed by atoms with Crippen molar-refractivity contribution < 1.29 is 19.0 Å². The molecule has 0 atom stereocenters. The van der Waals surface area contributed by atoms with Gasteiger partial charge in [0.2, 0.25) is 12.7 Å². The van der Waals surface area contributed by atoms with Crippen LogP contribution >= 0.6 is 11.3 Å². The molecule has 0 radical (unpaired) electrons. The first kappa shape index (κ1) is 18.4. The maximum Gasteiger partial charge on any atom is 0.258 e. The van der Waals surface area contributed by atoms with Gasteiger partial charge in [-0.2, -0.15) is 0 Å². The normalized spacial score (nSPS) is 12.1. The average molecular weight is 419 g/mol. The molecule has 0 saturated carbocycles. The maximum atomic E-state index is 12.3. The number of rotatable bonds is 6. The van der Waals surface area contributed by atoms with E-state index in [0.29, 0.717) is 23.9 Å². The molecular weight excluding hydrogens is 402 g/mol. The highest BCUT2D eigenvalue weighted by atomic mass is 32.1. The van der Waals surface area contributed by atoms with Crippen LogP contribution in [0.15, 0.2) is 60.2 Å². The number of amides is 1. The zero-order valence-electron chi connectivity index (χ0n) is 15.8. The average Bonchev–Trinajstić information content (AvgIpc) is 3.43. The molecule has 2 aromatic carbocycles. The number of ether oxygens (including phenoxy) is 3. The van der Waals surface area contributed by atoms with E-state index in [1.165, 1.54) is 17.7 Å². The zero-order valence-corrected chi connectivity index (χ0v) is 16.6. The Hall–Kier alpha value is -3.65. The van der Waals surface area contributed by atoms with Crippen LogP contribution in [0.2, 0.25) is 0 Å². The number of nitrogens with one attached hydrogen (secondary N) is 1. The largest absolute Gasteiger partial charge is 0.467 e. The highest BCUT2D eigenvalue weighted by Crippen LogP contribution is 2.37. The van der Waals surface area contributed by atoms with Crippen molar-refractivity contribution in [2.24, 2.45) is 0 Å². The fourth-order valence-corrected chi connectivity index (χ4v) is 4.13. The van der Waals surface area contributed by atoms with Gasteiger partial charge in [-0.15, -0.1) is 11.3 Å². The Labute approximate surface area is 176 Å². The second-order valence-corrected chi connectivity index (χ2v) is 7.49. The van der Waals surface area contributed by atoms with Crippen LogP contribution in [0, 0.1) is 0 Å². The summed E-state index contributed by atoms with van der Waals surface area (Å²) in [6, 6.07) is 15.6. The van der Waals surface area contributed by atoms with E-state index in [1.54, 1.807) is 0 Å². The monoisotopic (exact) mass is 419 g/mol. The third-order valence-corrected chi connectivity index (χ3v) is 5.57. The molecule has 0 bridgehead atoms. The number of aromatic nitrogens is 2. The van der Waals surface area contributed by atoms with E-state index in [9.17, 15) is 4.79 Å². The summed E-state index contributed by atoms with van der Waals surface area (Å²) >= 11 is 1.52. The lowest BCUT2D eigenvalue weighted by atomic mass is 10.1. The van der Waals surface area contributed by atoms with Crippen LogP contribution in [0.3, 0.4) is 0 Å². The molecule has 8 heteroatoms. The molecular formula is C22H17N3O4S. The highest BCUT2D eigenvalue weighted by molar-refractivity contribution is 7.17. The van der Waals surface area contributed by atoms with E-state index in [-0.39, 0.29) is 19.3 Å². The summed E-state index contributed by atoms with van der Waals surface area (Å²) in [7, 11) is 0. The Balaban J connectivity index is 1.27. The first-order valence-corrected chi connectivity index (χ1v) is 10.2. The predicted molar refractivity (Wildman–Crippen MR) is 113 cm³/mol. The smallest absolute Gasteiger partial charge is 0.258 e. The van der Waals surface area contributed by atoms with Crippen molar-refractivity contribution in [1.82, 2.24) is 15.3 Å². The van der Waals surface area contributed by atoms with Crippen LogP contribution in [-0.2, 0) is 11.3 Å². The van der Waals surface area contributed by atoms with Gasteiger partial charge >= 0.3 is 0 Å². The maximum absolute atomic E-state index is 12.3. The molecule has 4 aromatic rings. The van der Waals surface area contributed by atoms with Crippen molar-refractivity contribution in [3.8, 4) is 28.5 Å². The van der Waals surface area contributed by atoms with Crippen LogP contribution in [-0.4, -0.2) is 29.3 Å². The molecule has 0 aliphatic carbocycles. The molecule has 0 unspecified atom stereocenters. The lowest BCUT2D eigenvalue weighted by molar-refractivity contribution is -0.123. The Morgan fingerprint density at radius 2 is 1.97 bits per heavy atom. The van der Waals surface area contributed by atoms with Crippen molar-refractivity contribution in [2.45, 2.75) is 6.54 Å². The number of benzene rings is 2. The van der Waals surface area contributed by atoms with Crippen LogP contribution in [0.1, 0.15) is 5.56 Å². The molecule has 1 aliphatic rings. The SMILES string of the molecule is O=C(COc1ncnc2scc(-c3ccccc3)c12)NCc1ccc2c(c1)OCO2. The number of fused-ring (bicyclic) bond motifs is 2. The summed E-state index contributed by atoms with van der Waals surface area (Å²) in [5, 5.41) is 5.69. The van der Waals surface area contributed by atoms with Gasteiger partial charge in [0.05, 0.1) is 5.39 Å². The van der Waals surface area contributed by atoms with E-state index in [1.807, 2.05) is 53.9 Å². The molecule has 1 N–H and O–H groups in total. The van der Waals surface area contributed by atoms with Crippen LogP contribution < -0.4 is 19.5 Å². The van der Waals surface area contributed by atoms with Gasteiger partial charge in [-0.1, -0.05) is 36.4 Å². The van der Waals surface area contributed by atoms with Crippen molar-refractivity contribution in [3.05, 3.63) is 65.8 Å². The Kier molecular flexibility index (Phi) is 4.90. The van der Waals surface area contributed by atoms with E-state index in [4.69, 9.17) is 14.2 Å². The van der Waals surface area contributed by atoms with Gasteiger partial charge in [-0.3, -0.25) is 4.79 Å². The standard InChI is InChI=1S/C22H17N3O4S/c26-19(23-9-14-6-7-17-18(8-14)29-13-28-17)10-27-21-20-16(15-4-2-1-3-5-15)11-30-22(20)25-12-24-21/h1-8,11-12H,9-10,13H2,(H,23,26). The summed E-state index contributed by atoms with van der Waals surface area (Å²) in [4.78, 5) is 21.7. The van der Waals surface area contributed by atoms with Crippen molar-refractivity contribution >= 4 is 27.5 Å². The lowest BCUT2D eigenvalue weighted by Crippen LogP contribution is -2.28. The second kappa shape index (κ2) is 8.00. The number of hydrogen-bond acceptors (Lipinski definition) is 7. The molecule has 0 fully saturated rings. The van der Waals surface area contributed by atoms with E-state index in [0.717, 1.165) is 26.9 Å². The van der Waals surface area contributed by atoms with Gasteiger partial charge in [0.1, 0.15) is 11.2 Å². The summed E-state index contributed by atoms with van der Waals surface area (Å²) in [6.45, 7) is 0.451. The minimum atomic E-state index is -0.240. The van der Waals surface area contributed by atoms with E-state index < -0.39 is 0 Å². The summed E-state index contributed by atoms with van der Waals surface area (Å²) in [5.41, 5.74) is 2.96. The van der Waals surface area contributed by atoms with Crippen LogP contribution in [0.4, 0.5) is 0 Å². The molecule has 3 heterocycles. The number of nitrogens with zero attached hydrogens (tertiary/aromatic N) is 2. The molecule has 0 spiro atoms. The first-order valence-electron chi connectivity index (χ1n) is 9.33. The zero-order chi connectivity index (χ0) is 20.3. The van der Waals surface area contributed by atoms with Crippen molar-refractivity contribution in [2.75, 3.05) is 13.4 Å². The number of hydrogen-bond donors (Lipinski definition) is 1. The molecule has 1 aliphatic heterocycles. The predicted octanol–water partition coefficient (Wildman–Crippen LogP) is 3.78. The van der Waals surface area contributed by atoms with E-state index >= 15 is 0 Å². The lowest BCUT2D eigenvalue weighted by Gasteiger charge is -2.09. The van der Waals surface area contributed by atoms with Crippen LogP contribution in [0.5, 0.6) is 17.4 Å². The van der Waals surface area contributed by atoms with Crippen LogP contribution in [0.25, 0.3) is 21.3 Å². The summed E-state index contributed by atoms with van der Waals surface area (Å²) in [5.74, 6) is 1.56. The summed E-state index contributed by atoms with van der Waals surface area (Å²) < 4.78 is 16.4. The number of thiophene rings is 1.